The first-order chi connectivity index (χ1) is 13.9. The molecule has 0 spiro atoms. The molecule has 1 aromatic carbocycles. The Kier molecular flexibility index (Phi) is 4.54. The lowest BCUT2D eigenvalue weighted by molar-refractivity contribution is -0.138. The van der Waals surface area contributed by atoms with Crippen LogP contribution in [0.15, 0.2) is 18.2 Å². The van der Waals surface area contributed by atoms with Gasteiger partial charge in [-0.05, 0) is 103 Å². The second kappa shape index (κ2) is 6.76. The number of hydrogen-bond acceptors (Lipinski definition) is 2. The summed E-state index contributed by atoms with van der Waals surface area (Å²) in [6, 6.07) is 6.95. The number of rotatable bonds is 4. The summed E-state index contributed by atoms with van der Waals surface area (Å²) in [4.78, 5) is 0. The lowest BCUT2D eigenvalue weighted by atomic mass is 9.37. The second-order valence-electron chi connectivity index (χ2n) is 11.9. The molecule has 0 N–H and O–H groups in total. The molecule has 5 aliphatic rings. The molecule has 156 valence electrons. The molecule has 1 aromatic rings. The van der Waals surface area contributed by atoms with Gasteiger partial charge in [0.1, 0.15) is 5.75 Å². The van der Waals surface area contributed by atoms with E-state index < -0.39 is 0 Å². The van der Waals surface area contributed by atoms with Gasteiger partial charge in [0.05, 0.1) is 0 Å². The van der Waals surface area contributed by atoms with Crippen LogP contribution < -0.4 is 4.74 Å². The molecule has 4 atom stereocenters. The fourth-order valence-electron chi connectivity index (χ4n) is 8.72. The smallest absolute Gasteiger partial charge is 0.292 e. The van der Waals surface area contributed by atoms with E-state index in [-0.39, 0.29) is 0 Å². The highest BCUT2D eigenvalue weighted by atomic mass is 16.5. The summed E-state index contributed by atoms with van der Waals surface area (Å²) in [5, 5.41) is 9.20. The first-order valence-corrected chi connectivity index (χ1v) is 12.1. The van der Waals surface area contributed by atoms with Crippen LogP contribution in [0.1, 0.15) is 108 Å². The quantitative estimate of drug-likeness (QED) is 0.498. The van der Waals surface area contributed by atoms with E-state index in [0.717, 1.165) is 17.6 Å². The molecule has 0 aromatic heterocycles. The van der Waals surface area contributed by atoms with E-state index in [0.29, 0.717) is 22.2 Å². The largest absolute Gasteiger partial charge is 0.388 e. The van der Waals surface area contributed by atoms with E-state index in [1.807, 2.05) is 6.26 Å². The highest BCUT2D eigenvalue weighted by Gasteiger charge is 2.62. The van der Waals surface area contributed by atoms with Crippen LogP contribution in [0.3, 0.4) is 0 Å². The van der Waals surface area contributed by atoms with Crippen LogP contribution in [0.5, 0.6) is 5.75 Å². The summed E-state index contributed by atoms with van der Waals surface area (Å²) in [5.74, 6) is 3.05. The average Bonchev–Trinajstić information content (AvgIpc) is 2.67. The van der Waals surface area contributed by atoms with Gasteiger partial charge in [0.25, 0.3) is 6.26 Å². The van der Waals surface area contributed by atoms with Crippen molar-refractivity contribution in [1.82, 2.24) is 0 Å². The molecule has 6 rings (SSSR count). The molecule has 2 heteroatoms. The van der Waals surface area contributed by atoms with E-state index in [1.165, 1.54) is 76.2 Å². The molecule has 2 nitrogen and oxygen atoms in total. The minimum absolute atomic E-state index is 0.340. The van der Waals surface area contributed by atoms with Gasteiger partial charge in [-0.2, -0.15) is 0 Å². The van der Waals surface area contributed by atoms with Crippen molar-refractivity contribution in [3.05, 3.63) is 29.3 Å². The van der Waals surface area contributed by atoms with E-state index in [2.05, 4.69) is 39.0 Å². The summed E-state index contributed by atoms with van der Waals surface area (Å²) in [5.41, 5.74) is 4.26. The Bertz CT molecular complexity index is 831. The maximum atomic E-state index is 9.20. The van der Waals surface area contributed by atoms with Crippen LogP contribution in [0.25, 0.3) is 0 Å². The zero-order valence-corrected chi connectivity index (χ0v) is 18.6. The van der Waals surface area contributed by atoms with Crippen molar-refractivity contribution in [1.29, 1.82) is 5.26 Å². The zero-order chi connectivity index (χ0) is 20.3. The summed E-state index contributed by atoms with van der Waals surface area (Å²) >= 11 is 0. The van der Waals surface area contributed by atoms with Crippen LogP contribution >= 0.6 is 0 Å². The molecule has 0 radical (unpaired) electrons. The normalized spacial score (nSPS) is 38.9. The van der Waals surface area contributed by atoms with Gasteiger partial charge in [-0.1, -0.05) is 52.2 Å². The molecule has 5 fully saturated rings. The fraction of sp³-hybridized carbons (Fsp3) is 0.741. The van der Waals surface area contributed by atoms with E-state index in [4.69, 9.17) is 4.74 Å². The summed E-state index contributed by atoms with van der Waals surface area (Å²) in [6.45, 7) is 7.53. The molecular weight excluding hydrogens is 354 g/mol. The van der Waals surface area contributed by atoms with Crippen molar-refractivity contribution in [2.24, 2.45) is 22.7 Å². The Morgan fingerprint density at radius 2 is 1.83 bits per heavy atom. The van der Waals surface area contributed by atoms with Crippen molar-refractivity contribution < 1.29 is 4.74 Å². The van der Waals surface area contributed by atoms with Gasteiger partial charge in [-0.15, -0.1) is 5.26 Å². The standard InChI is InChI=1S/C27H37NO/c1-19(2)26-13-20-12-25(3,15-26)16-27(14-20,17-26)22-9-10-24(29-18-28)23(11-22)21-7-5-4-6-8-21/h9-11,19-21H,4-8,12-17H2,1-3H3. The predicted molar refractivity (Wildman–Crippen MR) is 117 cm³/mol. The van der Waals surface area contributed by atoms with Crippen molar-refractivity contribution in [2.45, 2.75) is 103 Å². The summed E-state index contributed by atoms with van der Waals surface area (Å²) in [7, 11) is 0. The Hall–Kier alpha value is -1.49. The van der Waals surface area contributed by atoms with Crippen LogP contribution in [0, 0.1) is 34.2 Å². The predicted octanol–water partition coefficient (Wildman–Crippen LogP) is 7.48. The maximum Gasteiger partial charge on any atom is 0.292 e. The van der Waals surface area contributed by atoms with Gasteiger partial charge in [-0.25, -0.2) is 0 Å². The van der Waals surface area contributed by atoms with Crippen molar-refractivity contribution >= 4 is 0 Å². The van der Waals surface area contributed by atoms with Crippen LogP contribution in [-0.2, 0) is 5.41 Å². The van der Waals surface area contributed by atoms with E-state index in [9.17, 15) is 5.26 Å². The van der Waals surface area contributed by atoms with Crippen LogP contribution in [-0.4, -0.2) is 0 Å². The lowest BCUT2D eigenvalue weighted by Crippen LogP contribution is -2.59. The molecule has 29 heavy (non-hydrogen) atoms. The first kappa shape index (κ1) is 19.5. The Balaban J connectivity index is 1.57. The van der Waals surface area contributed by atoms with E-state index >= 15 is 0 Å². The van der Waals surface area contributed by atoms with Gasteiger partial charge >= 0.3 is 0 Å². The van der Waals surface area contributed by atoms with E-state index in [1.54, 1.807) is 5.56 Å². The summed E-state index contributed by atoms with van der Waals surface area (Å²) in [6.07, 6.45) is 16.8. The van der Waals surface area contributed by atoms with Gasteiger partial charge in [0, 0.05) is 0 Å². The molecule has 4 bridgehead atoms. The fourth-order valence-corrected chi connectivity index (χ4v) is 8.72. The molecule has 0 aliphatic heterocycles. The SMILES string of the molecule is CC(C)C12CC3CC(C)(CC(c4ccc(OC#N)c(C5CCCCC5)c4)(C3)C1)C2. The number of hydrogen-bond donors (Lipinski definition) is 0. The van der Waals surface area contributed by atoms with Gasteiger partial charge in [0.2, 0.25) is 0 Å². The maximum absolute atomic E-state index is 9.20. The zero-order valence-electron chi connectivity index (χ0n) is 18.6. The monoisotopic (exact) mass is 391 g/mol. The van der Waals surface area contributed by atoms with Crippen LogP contribution in [0.2, 0.25) is 0 Å². The first-order valence-electron chi connectivity index (χ1n) is 12.1. The minimum atomic E-state index is 0.340. The van der Waals surface area contributed by atoms with Crippen molar-refractivity contribution in [3.63, 3.8) is 0 Å². The number of nitrogens with zero attached hydrogens (tertiary/aromatic N) is 1. The van der Waals surface area contributed by atoms with Crippen molar-refractivity contribution in [3.8, 4) is 12.0 Å². The third-order valence-electron chi connectivity index (χ3n) is 9.44. The third kappa shape index (κ3) is 3.11. The Morgan fingerprint density at radius 3 is 2.52 bits per heavy atom. The molecule has 5 aliphatic carbocycles. The highest BCUT2D eigenvalue weighted by molar-refractivity contribution is 5.44. The second-order valence-corrected chi connectivity index (χ2v) is 11.9. The lowest BCUT2D eigenvalue weighted by Gasteiger charge is -2.67. The molecule has 0 saturated heterocycles. The molecule has 5 saturated carbocycles. The average molecular weight is 392 g/mol. The van der Waals surface area contributed by atoms with Gasteiger partial charge < -0.3 is 4.74 Å². The number of benzene rings is 1. The Morgan fingerprint density at radius 1 is 1.03 bits per heavy atom. The molecule has 0 heterocycles. The van der Waals surface area contributed by atoms with Crippen LogP contribution in [0.4, 0.5) is 0 Å². The van der Waals surface area contributed by atoms with Crippen molar-refractivity contribution in [2.75, 3.05) is 0 Å². The third-order valence-corrected chi connectivity index (χ3v) is 9.44. The summed E-state index contributed by atoms with van der Waals surface area (Å²) < 4.78 is 5.45. The van der Waals surface area contributed by atoms with Gasteiger partial charge in [0.15, 0.2) is 0 Å². The minimum Gasteiger partial charge on any atom is -0.388 e. The number of nitriles is 1. The Labute approximate surface area is 177 Å². The molecule has 4 unspecified atom stereocenters. The highest BCUT2D eigenvalue weighted by Crippen LogP contribution is 2.71. The number of ether oxygens (including phenoxy) is 1. The van der Waals surface area contributed by atoms with Gasteiger partial charge in [-0.3, -0.25) is 0 Å². The topological polar surface area (TPSA) is 33.0 Å². The molecule has 0 amide bonds. The molecular formula is C27H37NO.